The average Bonchev–Trinajstić information content (AvgIpc) is 3.56. The summed E-state index contributed by atoms with van der Waals surface area (Å²) >= 11 is 0. The fourth-order valence-electron chi connectivity index (χ4n) is 6.86. The van der Waals surface area contributed by atoms with Crippen molar-refractivity contribution in [3.63, 3.8) is 0 Å². The molecule has 2 aromatic carbocycles. The Hall–Kier alpha value is -3.39. The number of amides is 3. The first-order chi connectivity index (χ1) is 16.5. The summed E-state index contributed by atoms with van der Waals surface area (Å²) < 4.78 is 10.8. The maximum atomic E-state index is 14.2. The lowest BCUT2D eigenvalue weighted by Crippen LogP contribution is -2.56. The molecule has 4 heterocycles. The lowest BCUT2D eigenvalue weighted by atomic mass is 9.75. The smallest absolute Gasteiger partial charge is 0.253 e. The Morgan fingerprint density at radius 3 is 2.53 bits per heavy atom. The van der Waals surface area contributed by atoms with Gasteiger partial charge in [0.15, 0.2) is 0 Å². The van der Waals surface area contributed by atoms with Crippen LogP contribution < -0.4 is 19.3 Å². The molecule has 176 valence electrons. The van der Waals surface area contributed by atoms with E-state index in [-0.39, 0.29) is 23.8 Å². The molecule has 4 unspecified atom stereocenters. The number of anilines is 2. The standard InChI is InChI=1S/C26H27N3O5/c1-4-27-17-9-6-5-8-16(17)26(25(27)32)22-21(19-10-7-13-28(19)26)23(30)29(24(22)31)18-12-11-15(33-2)14-20(18)34-3/h5-6,8-9,11-12,14,19,21-22H,4,7,10,13H2,1-3H3. The van der Waals surface area contributed by atoms with Crippen molar-refractivity contribution in [2.24, 2.45) is 11.8 Å². The molecule has 0 aromatic heterocycles. The summed E-state index contributed by atoms with van der Waals surface area (Å²) in [5.41, 5.74) is 0.908. The number of ether oxygens (including phenoxy) is 2. The lowest BCUT2D eigenvalue weighted by Gasteiger charge is -2.37. The van der Waals surface area contributed by atoms with Crippen LogP contribution >= 0.6 is 0 Å². The third kappa shape index (κ3) is 2.34. The van der Waals surface area contributed by atoms with Crippen LogP contribution in [0.2, 0.25) is 0 Å². The summed E-state index contributed by atoms with van der Waals surface area (Å²) in [5, 5.41) is 0. The quantitative estimate of drug-likeness (QED) is 0.652. The van der Waals surface area contributed by atoms with Crippen molar-refractivity contribution >= 4 is 29.1 Å². The van der Waals surface area contributed by atoms with Gasteiger partial charge >= 0.3 is 0 Å². The molecule has 4 atom stereocenters. The minimum atomic E-state index is -1.15. The van der Waals surface area contributed by atoms with Crippen LogP contribution in [0.3, 0.4) is 0 Å². The van der Waals surface area contributed by atoms with Gasteiger partial charge in [-0.1, -0.05) is 18.2 Å². The van der Waals surface area contributed by atoms with Crippen molar-refractivity contribution in [2.75, 3.05) is 37.1 Å². The molecule has 0 saturated carbocycles. The van der Waals surface area contributed by atoms with E-state index in [0.29, 0.717) is 30.3 Å². The second-order valence-corrected chi connectivity index (χ2v) is 9.29. The number of hydrogen-bond acceptors (Lipinski definition) is 6. The Kier molecular flexibility index (Phi) is 4.55. The molecule has 3 saturated heterocycles. The van der Waals surface area contributed by atoms with Gasteiger partial charge in [-0.15, -0.1) is 0 Å². The molecule has 2 aromatic rings. The fourth-order valence-corrected chi connectivity index (χ4v) is 6.86. The summed E-state index contributed by atoms with van der Waals surface area (Å²) in [7, 11) is 3.05. The Morgan fingerprint density at radius 2 is 1.79 bits per heavy atom. The SMILES string of the molecule is CCN1C(=O)C2(c3ccccc31)C1C(=O)N(c3ccc(OC)cc3OC)C(=O)C1C1CCCN12. The molecule has 0 bridgehead atoms. The Balaban J connectivity index is 1.55. The van der Waals surface area contributed by atoms with Gasteiger partial charge in [0, 0.05) is 29.9 Å². The second kappa shape index (κ2) is 7.30. The minimum absolute atomic E-state index is 0.0969. The van der Waals surface area contributed by atoms with Gasteiger partial charge in [-0.05, 0) is 44.5 Å². The summed E-state index contributed by atoms with van der Waals surface area (Å²) in [4.78, 5) is 47.5. The first-order valence-electron chi connectivity index (χ1n) is 11.8. The van der Waals surface area contributed by atoms with Gasteiger partial charge in [0.1, 0.15) is 17.0 Å². The third-order valence-corrected chi connectivity index (χ3v) is 8.09. The van der Waals surface area contributed by atoms with Gasteiger partial charge in [0.25, 0.3) is 5.91 Å². The van der Waals surface area contributed by atoms with E-state index >= 15 is 0 Å². The molecule has 3 amide bonds. The maximum absolute atomic E-state index is 14.2. The monoisotopic (exact) mass is 461 g/mol. The minimum Gasteiger partial charge on any atom is -0.497 e. The van der Waals surface area contributed by atoms with E-state index in [2.05, 4.69) is 4.90 Å². The van der Waals surface area contributed by atoms with Gasteiger partial charge in [-0.3, -0.25) is 19.3 Å². The number of carbonyl (C=O) groups is 3. The lowest BCUT2D eigenvalue weighted by molar-refractivity contribution is -0.137. The number of imide groups is 1. The van der Waals surface area contributed by atoms with Crippen LogP contribution in [-0.4, -0.2) is 56.0 Å². The van der Waals surface area contributed by atoms with E-state index in [1.165, 1.54) is 12.0 Å². The first-order valence-corrected chi connectivity index (χ1v) is 11.8. The molecular weight excluding hydrogens is 434 g/mol. The molecule has 4 aliphatic rings. The fraction of sp³-hybridized carbons (Fsp3) is 0.423. The van der Waals surface area contributed by atoms with Crippen LogP contribution in [0, 0.1) is 11.8 Å². The van der Waals surface area contributed by atoms with Gasteiger partial charge in [-0.2, -0.15) is 0 Å². The van der Waals surface area contributed by atoms with Gasteiger partial charge in [0.2, 0.25) is 11.8 Å². The molecule has 4 aliphatic heterocycles. The van der Waals surface area contributed by atoms with Crippen molar-refractivity contribution in [3.05, 3.63) is 48.0 Å². The zero-order chi connectivity index (χ0) is 23.8. The maximum Gasteiger partial charge on any atom is 0.253 e. The summed E-state index contributed by atoms with van der Waals surface area (Å²) in [5.74, 6) is -1.09. The van der Waals surface area contributed by atoms with Crippen LogP contribution in [0.25, 0.3) is 0 Å². The number of benzene rings is 2. The van der Waals surface area contributed by atoms with Crippen molar-refractivity contribution in [2.45, 2.75) is 31.3 Å². The van der Waals surface area contributed by atoms with Gasteiger partial charge < -0.3 is 14.4 Å². The predicted molar refractivity (Wildman–Crippen MR) is 125 cm³/mol. The van der Waals surface area contributed by atoms with Crippen LogP contribution in [0.4, 0.5) is 11.4 Å². The van der Waals surface area contributed by atoms with Crippen molar-refractivity contribution in [3.8, 4) is 11.5 Å². The Bertz CT molecular complexity index is 1230. The highest BCUT2D eigenvalue weighted by atomic mass is 16.5. The highest BCUT2D eigenvalue weighted by Gasteiger charge is 2.75. The van der Waals surface area contributed by atoms with Crippen LogP contribution in [0.5, 0.6) is 11.5 Å². The summed E-state index contributed by atoms with van der Waals surface area (Å²) in [6, 6.07) is 12.6. The molecular formula is C26H27N3O5. The molecule has 8 nitrogen and oxygen atoms in total. The molecule has 1 spiro atoms. The first kappa shape index (κ1) is 21.2. The second-order valence-electron chi connectivity index (χ2n) is 9.29. The normalized spacial score (nSPS) is 29.7. The summed E-state index contributed by atoms with van der Waals surface area (Å²) in [6.45, 7) is 3.14. The highest BCUT2D eigenvalue weighted by Crippen LogP contribution is 2.62. The number of nitrogens with zero attached hydrogens (tertiary/aromatic N) is 3. The number of hydrogen-bond donors (Lipinski definition) is 0. The number of likely N-dealkylation sites (N-methyl/N-ethyl adjacent to an activating group) is 1. The zero-order valence-corrected chi connectivity index (χ0v) is 19.5. The summed E-state index contributed by atoms with van der Waals surface area (Å²) in [6.07, 6.45) is 1.68. The largest absolute Gasteiger partial charge is 0.497 e. The van der Waals surface area contributed by atoms with Crippen LogP contribution in [0.15, 0.2) is 42.5 Å². The highest BCUT2D eigenvalue weighted by molar-refractivity contribution is 6.26. The number of rotatable bonds is 4. The van der Waals surface area contributed by atoms with Gasteiger partial charge in [0.05, 0.1) is 31.7 Å². The van der Waals surface area contributed by atoms with E-state index < -0.39 is 17.4 Å². The van der Waals surface area contributed by atoms with E-state index in [1.807, 2.05) is 31.2 Å². The van der Waals surface area contributed by atoms with Crippen LogP contribution in [0.1, 0.15) is 25.3 Å². The Morgan fingerprint density at radius 1 is 1.00 bits per heavy atom. The molecule has 34 heavy (non-hydrogen) atoms. The number of methoxy groups -OCH3 is 2. The van der Waals surface area contributed by atoms with E-state index in [9.17, 15) is 14.4 Å². The van der Waals surface area contributed by atoms with Crippen molar-refractivity contribution < 1.29 is 23.9 Å². The topological polar surface area (TPSA) is 79.4 Å². The van der Waals surface area contributed by atoms with E-state index in [4.69, 9.17) is 9.47 Å². The van der Waals surface area contributed by atoms with Crippen molar-refractivity contribution in [1.82, 2.24) is 4.90 Å². The van der Waals surface area contributed by atoms with Gasteiger partial charge in [-0.25, -0.2) is 4.90 Å². The third-order valence-electron chi connectivity index (χ3n) is 8.09. The predicted octanol–water partition coefficient (Wildman–Crippen LogP) is 2.55. The number of fused-ring (bicyclic) bond motifs is 7. The molecule has 0 N–H and O–H groups in total. The molecule has 8 heteroatoms. The zero-order valence-electron chi connectivity index (χ0n) is 19.5. The Labute approximate surface area is 198 Å². The average molecular weight is 462 g/mol. The molecule has 3 fully saturated rings. The van der Waals surface area contributed by atoms with E-state index in [0.717, 1.165) is 24.1 Å². The number of para-hydroxylation sites is 1. The van der Waals surface area contributed by atoms with E-state index in [1.54, 1.807) is 30.2 Å². The molecule has 0 aliphatic carbocycles. The van der Waals surface area contributed by atoms with Crippen LogP contribution in [-0.2, 0) is 19.9 Å². The van der Waals surface area contributed by atoms with Crippen molar-refractivity contribution in [1.29, 1.82) is 0 Å². The molecule has 6 rings (SSSR count). The molecule has 0 radical (unpaired) electrons. The number of carbonyl (C=O) groups excluding carboxylic acids is 3.